The van der Waals surface area contributed by atoms with Gasteiger partial charge in [0, 0.05) is 12.0 Å². The summed E-state index contributed by atoms with van der Waals surface area (Å²) in [5.74, 6) is -103. The standard InChI is InChI=1S/C20H10F28O7S.Na/c21-7(22)11(29,30)15(37,38)17(41,42)13(33,34)10(27,28)3-53-6(50)4(56-55-54-51)1-5(49)52-2-9(25,26)14(35,36)18(43,44)20(47,48)19(45,46)16(39,40)12(31,32)8(23)24;/h4,7-8,51H,1-3H2;/q;+1/p-1. The van der Waals surface area contributed by atoms with Crippen LogP contribution in [0.15, 0.2) is 0 Å². The smallest absolute Gasteiger partial charge is 0.691 e. The van der Waals surface area contributed by atoms with E-state index in [1.165, 1.54) is 0 Å². The van der Waals surface area contributed by atoms with Crippen molar-refractivity contribution in [2.24, 2.45) is 0 Å². The third-order valence-corrected chi connectivity index (χ3v) is 7.00. The van der Waals surface area contributed by atoms with E-state index in [9.17, 15) is 138 Å². The number of alkyl halides is 28. The zero-order chi connectivity index (χ0) is 45.5. The Morgan fingerprint density at radius 3 is 1.07 bits per heavy atom. The molecule has 0 saturated heterocycles. The molecule has 0 N–H and O–H groups in total. The van der Waals surface area contributed by atoms with E-state index in [0.29, 0.717) is 0 Å². The molecular formula is C20H9F28NaO7S. The average molecular weight is 948 g/mol. The molecule has 0 amide bonds. The summed E-state index contributed by atoms with van der Waals surface area (Å²) in [5.41, 5.74) is 0. The molecule has 0 spiro atoms. The van der Waals surface area contributed by atoms with Crippen LogP contribution >= 0.6 is 12.0 Å². The maximum absolute atomic E-state index is 13.9. The fraction of sp³-hybridized carbons (Fsp3) is 0.900. The quantitative estimate of drug-likeness (QED) is 0.0380. The summed E-state index contributed by atoms with van der Waals surface area (Å²) in [5, 5.41) is 9.04. The van der Waals surface area contributed by atoms with Crippen molar-refractivity contribution in [1.29, 1.82) is 0 Å². The van der Waals surface area contributed by atoms with Gasteiger partial charge in [-0.2, -0.15) is 110 Å². The van der Waals surface area contributed by atoms with Gasteiger partial charge in [0.25, 0.3) is 0 Å². The van der Waals surface area contributed by atoms with Crippen molar-refractivity contribution in [3.8, 4) is 0 Å². The molecule has 0 rings (SSSR count). The van der Waals surface area contributed by atoms with E-state index in [4.69, 9.17) is 0 Å². The number of rotatable bonds is 22. The largest absolute Gasteiger partial charge is 1.00 e. The van der Waals surface area contributed by atoms with Crippen LogP contribution in [0.3, 0.4) is 0 Å². The molecule has 57 heavy (non-hydrogen) atoms. The zero-order valence-electron chi connectivity index (χ0n) is 25.7. The zero-order valence-corrected chi connectivity index (χ0v) is 28.5. The van der Waals surface area contributed by atoms with Gasteiger partial charge in [-0.15, -0.1) is 0 Å². The minimum absolute atomic E-state index is 0. The molecule has 0 radical (unpaired) electrons. The van der Waals surface area contributed by atoms with Gasteiger partial charge in [-0.25, -0.2) is 17.6 Å². The fourth-order valence-corrected chi connectivity index (χ4v) is 3.46. The van der Waals surface area contributed by atoms with E-state index in [2.05, 4.69) is 18.8 Å². The predicted octanol–water partition coefficient (Wildman–Crippen LogP) is 4.86. The maximum Gasteiger partial charge on any atom is 1.00 e. The van der Waals surface area contributed by atoms with Crippen molar-refractivity contribution in [2.75, 3.05) is 13.2 Å². The van der Waals surface area contributed by atoms with Crippen LogP contribution in [0.5, 0.6) is 0 Å². The molecule has 7 nitrogen and oxygen atoms in total. The van der Waals surface area contributed by atoms with Gasteiger partial charge in [0.05, 0.1) is 6.42 Å². The van der Waals surface area contributed by atoms with Crippen molar-refractivity contribution in [1.82, 2.24) is 0 Å². The van der Waals surface area contributed by atoms with Gasteiger partial charge >= 0.3 is 125 Å². The first kappa shape index (κ1) is 57.3. The minimum atomic E-state index is -8.90. The first-order chi connectivity index (χ1) is 24.3. The van der Waals surface area contributed by atoms with Crippen LogP contribution in [0.1, 0.15) is 6.42 Å². The molecule has 0 aromatic rings. The Hall–Kier alpha value is -1.79. The van der Waals surface area contributed by atoms with Gasteiger partial charge in [0.2, 0.25) is 0 Å². The normalized spacial score (nSPS) is 15.8. The van der Waals surface area contributed by atoms with Gasteiger partial charge in [-0.3, -0.25) is 14.6 Å². The summed E-state index contributed by atoms with van der Waals surface area (Å²) in [6.07, 6.45) is -14.6. The molecular weight excluding hydrogens is 939 g/mol. The average Bonchev–Trinajstić information content (AvgIpc) is 3.03. The van der Waals surface area contributed by atoms with E-state index in [0.717, 1.165) is 0 Å². The first-order valence-electron chi connectivity index (χ1n) is 12.4. The van der Waals surface area contributed by atoms with Gasteiger partial charge in [-0.05, 0) is 0 Å². The van der Waals surface area contributed by atoms with Gasteiger partial charge in [-0.1, -0.05) is 0 Å². The molecule has 0 aliphatic carbocycles. The summed E-state index contributed by atoms with van der Waals surface area (Å²) < 4.78 is 382. The molecule has 0 aromatic carbocycles. The van der Waals surface area contributed by atoms with E-state index in [1.54, 1.807) is 0 Å². The number of carbonyl (C=O) groups excluding carboxylic acids is 2. The minimum Gasteiger partial charge on any atom is -0.691 e. The Bertz CT molecular complexity index is 1380. The van der Waals surface area contributed by atoms with Crippen LogP contribution in [0, 0.1) is 0 Å². The predicted molar refractivity (Wildman–Crippen MR) is 111 cm³/mol. The monoisotopic (exact) mass is 948 g/mol. The molecule has 334 valence electrons. The SMILES string of the molecule is O=C(CC(SOO[O-])C(=O)OCC(F)(F)C(F)(F)C(F)(F)C(F)(F)C(F)(F)C(F)F)OCC(F)(F)C(F)(F)C(F)(F)C(F)(F)C(F)(F)C(F)(F)C(F)(F)C(F)F.[Na+]. The Kier molecular flexibility index (Phi) is 17.8. The summed E-state index contributed by atoms with van der Waals surface area (Å²) in [7, 11) is 0. The molecule has 0 fully saturated rings. The van der Waals surface area contributed by atoms with Crippen LogP contribution in [-0.4, -0.2) is 114 Å². The number of carbonyl (C=O) groups is 2. The van der Waals surface area contributed by atoms with Crippen LogP contribution in [0.25, 0.3) is 0 Å². The third kappa shape index (κ3) is 9.58. The second kappa shape index (κ2) is 17.7. The first-order valence-corrected chi connectivity index (χ1v) is 13.2. The summed E-state index contributed by atoms with van der Waals surface area (Å²) >= 11 is -1.23. The van der Waals surface area contributed by atoms with Crippen LogP contribution in [0.2, 0.25) is 0 Å². The number of esters is 2. The molecule has 37 heteroatoms. The Morgan fingerprint density at radius 2 is 0.754 bits per heavy atom. The number of halogens is 28. The van der Waals surface area contributed by atoms with Crippen molar-refractivity contribution in [3.63, 3.8) is 0 Å². The van der Waals surface area contributed by atoms with Crippen molar-refractivity contribution in [3.05, 3.63) is 0 Å². The van der Waals surface area contributed by atoms with Crippen LogP contribution in [0.4, 0.5) is 123 Å². The van der Waals surface area contributed by atoms with Crippen LogP contribution in [-0.2, 0) is 28.4 Å². The van der Waals surface area contributed by atoms with Crippen molar-refractivity contribution >= 4 is 24.0 Å². The second-order valence-corrected chi connectivity index (χ2v) is 10.9. The molecule has 0 aliphatic heterocycles. The Balaban J connectivity index is 0. The molecule has 0 aromatic heterocycles. The Morgan fingerprint density at radius 1 is 0.474 bits per heavy atom. The number of hydrogen-bond acceptors (Lipinski definition) is 8. The molecule has 0 bridgehead atoms. The van der Waals surface area contributed by atoms with Crippen molar-refractivity contribution in [2.45, 2.75) is 95.6 Å². The molecule has 1 atom stereocenters. The fourth-order valence-electron chi connectivity index (χ4n) is 2.98. The van der Waals surface area contributed by atoms with Gasteiger partial charge in [0.15, 0.2) is 13.2 Å². The molecule has 0 aliphatic rings. The molecule has 1 unspecified atom stereocenters. The molecule has 0 saturated carbocycles. The third-order valence-electron chi connectivity index (χ3n) is 6.28. The van der Waals surface area contributed by atoms with Gasteiger partial charge in [0.1, 0.15) is 5.25 Å². The van der Waals surface area contributed by atoms with E-state index in [1.807, 2.05) is 0 Å². The van der Waals surface area contributed by atoms with E-state index >= 15 is 0 Å². The Labute approximate surface area is 318 Å². The summed E-state index contributed by atoms with van der Waals surface area (Å²) in [6, 6.07) is 0. The topological polar surface area (TPSA) is 94.1 Å². The van der Waals surface area contributed by atoms with Gasteiger partial charge < -0.3 is 14.7 Å². The van der Waals surface area contributed by atoms with Crippen molar-refractivity contribution < 1.29 is 186 Å². The summed E-state index contributed by atoms with van der Waals surface area (Å²) in [4.78, 5) is 23.5. The number of hydrogen-bond donors (Lipinski definition) is 0. The van der Waals surface area contributed by atoms with Crippen LogP contribution < -0.4 is 34.8 Å². The maximum atomic E-state index is 13.9. The van der Waals surface area contributed by atoms with E-state index < -0.39 is 133 Å². The summed E-state index contributed by atoms with van der Waals surface area (Å²) in [6.45, 7) is -7.74. The number of ether oxygens (including phenoxy) is 2. The second-order valence-electron chi connectivity index (χ2n) is 10.0. The van der Waals surface area contributed by atoms with E-state index in [-0.39, 0.29) is 29.6 Å². The molecule has 0 heterocycles.